The molecule has 0 spiro atoms. The highest BCUT2D eigenvalue weighted by molar-refractivity contribution is 6.12. The zero-order valence-electron chi connectivity index (χ0n) is 29.5. The molecule has 45 heavy (non-hydrogen) atoms. The molecule has 2 heterocycles. The van der Waals surface area contributed by atoms with Gasteiger partial charge in [-0.25, -0.2) is 4.98 Å². The predicted molar refractivity (Wildman–Crippen MR) is 186 cm³/mol. The molecule has 0 bridgehead atoms. The first kappa shape index (κ1) is 25.2. The number of rotatable bonds is 3. The second-order valence-electron chi connectivity index (χ2n) is 13.8. The molecule has 0 saturated carbocycles. The van der Waals surface area contributed by atoms with E-state index in [4.69, 9.17) is 13.5 Å². The number of imidazole rings is 1. The van der Waals surface area contributed by atoms with Crippen LogP contribution in [0.1, 0.15) is 67.9 Å². The van der Waals surface area contributed by atoms with E-state index in [0.29, 0.717) is 16.8 Å². The average molecular weight is 591 g/mol. The molecule has 0 aliphatic heterocycles. The lowest BCUT2D eigenvalue weighted by molar-refractivity contribution is 0.587. The Hall–Kier alpha value is -5.14. The third-order valence-corrected chi connectivity index (χ3v) is 8.67. The van der Waals surface area contributed by atoms with E-state index >= 15 is 0 Å². The molecule has 0 amide bonds. The summed E-state index contributed by atoms with van der Waals surface area (Å²) in [6, 6.07) is 34.7. The van der Waals surface area contributed by atoms with Crippen LogP contribution in [0.2, 0.25) is 0 Å². The standard InChI is InChI=1S/C41H37N3O/c1-25-28(24-42)17-19-29-36-31(40(2,3)4)21-20-30(38(36)45-37(25)29)39-43-33-15-11-12-16-35(33)44(39)34-22-18-27(23-32(34)41(5,6)7)26-13-9-8-10-14-26/h8-23H,1-7H3/i1D3. The highest BCUT2D eigenvalue weighted by Crippen LogP contribution is 2.44. The van der Waals surface area contributed by atoms with Crippen LogP contribution in [-0.2, 0) is 10.8 Å². The van der Waals surface area contributed by atoms with Crippen LogP contribution in [0.4, 0.5) is 0 Å². The zero-order chi connectivity index (χ0) is 34.2. The summed E-state index contributed by atoms with van der Waals surface area (Å²) in [6.45, 7) is 10.5. The molecule has 0 fully saturated rings. The van der Waals surface area contributed by atoms with Crippen LogP contribution in [0.5, 0.6) is 0 Å². The van der Waals surface area contributed by atoms with Crippen molar-refractivity contribution in [3.05, 3.63) is 119 Å². The second-order valence-corrected chi connectivity index (χ2v) is 13.8. The maximum Gasteiger partial charge on any atom is 0.149 e. The second kappa shape index (κ2) is 10.2. The van der Waals surface area contributed by atoms with E-state index in [0.717, 1.165) is 49.9 Å². The maximum atomic E-state index is 9.90. The minimum absolute atomic E-state index is 0.0652. The Morgan fingerprint density at radius 2 is 1.49 bits per heavy atom. The Morgan fingerprint density at radius 3 is 2.20 bits per heavy atom. The summed E-state index contributed by atoms with van der Waals surface area (Å²) in [5.74, 6) is 0.689. The van der Waals surface area contributed by atoms with E-state index in [1.807, 2.05) is 36.4 Å². The minimum atomic E-state index is -2.55. The molecular formula is C41H37N3O. The summed E-state index contributed by atoms with van der Waals surface area (Å²) >= 11 is 0. The molecule has 0 atom stereocenters. The molecular weight excluding hydrogens is 550 g/mol. The molecule has 0 aliphatic carbocycles. The van der Waals surface area contributed by atoms with Gasteiger partial charge < -0.3 is 4.42 Å². The number of nitriles is 1. The Bertz CT molecular complexity index is 2410. The van der Waals surface area contributed by atoms with Crippen LogP contribution in [0.15, 0.2) is 101 Å². The fourth-order valence-corrected chi connectivity index (χ4v) is 6.43. The Labute approximate surface area is 268 Å². The number of fused-ring (bicyclic) bond motifs is 4. The molecule has 4 nitrogen and oxygen atoms in total. The van der Waals surface area contributed by atoms with Gasteiger partial charge in [-0.3, -0.25) is 4.57 Å². The van der Waals surface area contributed by atoms with E-state index in [2.05, 4.69) is 107 Å². The summed E-state index contributed by atoms with van der Waals surface area (Å²) in [7, 11) is 0. The number of aromatic nitrogens is 2. The number of para-hydroxylation sites is 2. The van der Waals surface area contributed by atoms with E-state index in [1.165, 1.54) is 0 Å². The molecule has 222 valence electrons. The van der Waals surface area contributed by atoms with Gasteiger partial charge in [0, 0.05) is 20.4 Å². The van der Waals surface area contributed by atoms with Gasteiger partial charge in [0.1, 0.15) is 17.0 Å². The summed E-state index contributed by atoms with van der Waals surface area (Å²) in [6.07, 6.45) is 0. The molecule has 7 aromatic rings. The largest absolute Gasteiger partial charge is 0.455 e. The highest BCUT2D eigenvalue weighted by atomic mass is 16.3. The van der Waals surface area contributed by atoms with Gasteiger partial charge in [0.05, 0.1) is 33.9 Å². The van der Waals surface area contributed by atoms with Crippen molar-refractivity contribution in [2.45, 2.75) is 59.2 Å². The van der Waals surface area contributed by atoms with Crippen molar-refractivity contribution in [3.8, 4) is 34.3 Å². The molecule has 4 heteroatoms. The van der Waals surface area contributed by atoms with Crippen molar-refractivity contribution in [1.29, 1.82) is 5.26 Å². The molecule has 5 aromatic carbocycles. The number of furan rings is 1. The van der Waals surface area contributed by atoms with Gasteiger partial charge in [0.25, 0.3) is 0 Å². The molecule has 2 aromatic heterocycles. The molecule has 0 saturated heterocycles. The van der Waals surface area contributed by atoms with Crippen molar-refractivity contribution >= 4 is 33.0 Å². The van der Waals surface area contributed by atoms with Crippen LogP contribution in [0, 0.1) is 18.2 Å². The number of benzene rings is 5. The van der Waals surface area contributed by atoms with Crippen molar-refractivity contribution in [2.75, 3.05) is 0 Å². The first-order valence-electron chi connectivity index (χ1n) is 16.8. The molecule has 0 N–H and O–H groups in total. The summed E-state index contributed by atoms with van der Waals surface area (Å²) in [5.41, 5.74) is 8.27. The summed E-state index contributed by atoms with van der Waals surface area (Å²) in [4.78, 5) is 5.22. The van der Waals surface area contributed by atoms with E-state index < -0.39 is 6.85 Å². The zero-order valence-corrected chi connectivity index (χ0v) is 26.5. The van der Waals surface area contributed by atoms with Crippen LogP contribution in [0.25, 0.3) is 61.2 Å². The Balaban J connectivity index is 1.61. The number of nitrogens with zero attached hydrogens (tertiary/aromatic N) is 3. The fourth-order valence-electron chi connectivity index (χ4n) is 6.43. The van der Waals surface area contributed by atoms with Crippen molar-refractivity contribution in [2.24, 2.45) is 0 Å². The average Bonchev–Trinajstić information content (AvgIpc) is 3.61. The van der Waals surface area contributed by atoms with E-state index in [9.17, 15) is 5.26 Å². The predicted octanol–water partition coefficient (Wildman–Crippen LogP) is 11.0. The van der Waals surface area contributed by atoms with Gasteiger partial charge in [0.2, 0.25) is 0 Å². The van der Waals surface area contributed by atoms with Gasteiger partial charge >= 0.3 is 0 Å². The number of hydrogen-bond acceptors (Lipinski definition) is 3. The minimum Gasteiger partial charge on any atom is -0.455 e. The van der Waals surface area contributed by atoms with Crippen LogP contribution in [0.3, 0.4) is 0 Å². The van der Waals surface area contributed by atoms with Crippen LogP contribution < -0.4 is 0 Å². The quantitative estimate of drug-likeness (QED) is 0.206. The van der Waals surface area contributed by atoms with Gasteiger partial charge in [-0.05, 0) is 82.4 Å². The smallest absolute Gasteiger partial charge is 0.149 e. The lowest BCUT2D eigenvalue weighted by Crippen LogP contribution is -2.16. The molecule has 0 radical (unpaired) electrons. The monoisotopic (exact) mass is 590 g/mol. The summed E-state index contributed by atoms with van der Waals surface area (Å²) in [5, 5.41) is 11.4. The molecule has 7 rings (SSSR count). The van der Waals surface area contributed by atoms with E-state index in [1.54, 1.807) is 6.07 Å². The van der Waals surface area contributed by atoms with Gasteiger partial charge in [0.15, 0.2) is 0 Å². The summed E-state index contributed by atoms with van der Waals surface area (Å²) < 4.78 is 33.9. The third-order valence-electron chi connectivity index (χ3n) is 8.67. The van der Waals surface area contributed by atoms with E-state index in [-0.39, 0.29) is 27.5 Å². The Morgan fingerprint density at radius 1 is 0.756 bits per heavy atom. The van der Waals surface area contributed by atoms with Crippen LogP contribution in [-0.4, -0.2) is 9.55 Å². The number of hydrogen-bond donors (Lipinski definition) is 0. The van der Waals surface area contributed by atoms with Crippen molar-refractivity contribution < 1.29 is 8.53 Å². The topological polar surface area (TPSA) is 54.8 Å². The SMILES string of the molecule is [2H]C([2H])([2H])c1c(C#N)ccc2c1oc1c(-c3nc4ccccc4n3-c3ccc(-c4ccccc4)cc3C(C)(C)C)ccc(C(C)(C)C)c12. The first-order chi connectivity index (χ1) is 22.7. The van der Waals surface area contributed by atoms with Gasteiger partial charge in [-0.2, -0.15) is 5.26 Å². The van der Waals surface area contributed by atoms with Crippen molar-refractivity contribution in [3.63, 3.8) is 0 Å². The number of aryl methyl sites for hydroxylation is 1. The molecule has 0 aliphatic rings. The third kappa shape index (κ3) is 4.62. The lowest BCUT2D eigenvalue weighted by atomic mass is 9.83. The Kier molecular flexibility index (Phi) is 5.72. The normalized spacial score (nSPS) is 13.6. The van der Waals surface area contributed by atoms with Gasteiger partial charge in [-0.15, -0.1) is 0 Å². The van der Waals surface area contributed by atoms with Gasteiger partial charge in [-0.1, -0.05) is 96.1 Å². The lowest BCUT2D eigenvalue weighted by Gasteiger charge is -2.26. The highest BCUT2D eigenvalue weighted by Gasteiger charge is 2.28. The maximum absolute atomic E-state index is 9.90. The first-order valence-corrected chi connectivity index (χ1v) is 15.3. The molecule has 0 unspecified atom stereocenters. The van der Waals surface area contributed by atoms with Crippen molar-refractivity contribution in [1.82, 2.24) is 9.55 Å². The fraction of sp³-hybridized carbons (Fsp3) is 0.220. The van der Waals surface area contributed by atoms with Crippen LogP contribution >= 0.6 is 0 Å².